The number of carbonyl (C=O) groups excluding carboxylic acids is 4. The zero-order valence-electron chi connectivity index (χ0n) is 34.4. The van der Waals surface area contributed by atoms with Crippen molar-refractivity contribution in [1.29, 1.82) is 0 Å². The minimum Gasteiger partial charge on any atom is -0.395 e. The number of rotatable bonds is 12. The fourth-order valence-corrected chi connectivity index (χ4v) is 10.4. The molecule has 0 unspecified atom stereocenters. The number of hydrogen-bond donors (Lipinski definition) is 4. The second kappa shape index (κ2) is 17.3. The number of sulfonamides is 1. The van der Waals surface area contributed by atoms with Crippen LogP contribution >= 0.6 is 0 Å². The Morgan fingerprint density at radius 2 is 1.67 bits per heavy atom. The molecule has 3 amide bonds. The molecule has 5 aromatic rings. The van der Waals surface area contributed by atoms with Crippen LogP contribution in [0.2, 0.25) is 0 Å². The molecule has 3 saturated heterocycles. The Morgan fingerprint density at radius 3 is 2.40 bits per heavy atom. The molecule has 6 heterocycles. The summed E-state index contributed by atoms with van der Waals surface area (Å²) in [5, 5.41) is 11.7. The van der Waals surface area contributed by atoms with Crippen LogP contribution in [0.3, 0.4) is 0 Å². The summed E-state index contributed by atoms with van der Waals surface area (Å²) in [7, 11) is -4.14. The monoisotopic (exact) mass is 879 g/mol. The molecule has 14 nitrogen and oxygen atoms in total. The number of anilines is 2. The number of piperidine rings is 3. The highest BCUT2D eigenvalue weighted by molar-refractivity contribution is 7.92. The zero-order chi connectivity index (χ0) is 44.0. The van der Waals surface area contributed by atoms with Gasteiger partial charge < -0.3 is 24.8 Å². The lowest BCUT2D eigenvalue weighted by Crippen LogP contribution is -2.52. The van der Waals surface area contributed by atoms with Gasteiger partial charge in [0.25, 0.3) is 5.91 Å². The average molecular weight is 880 g/mol. The Kier molecular flexibility index (Phi) is 11.6. The van der Waals surface area contributed by atoms with E-state index in [4.69, 9.17) is 5.11 Å². The maximum absolute atomic E-state index is 15.5. The number of hydrogen-bond acceptors (Lipinski definition) is 10. The molecule has 328 valence electrons. The number of ketones is 1. The molecule has 4 aliphatic heterocycles. The molecule has 0 saturated carbocycles. The molecule has 1 atom stereocenters. The first-order chi connectivity index (χ1) is 30.4. The van der Waals surface area contributed by atoms with Crippen LogP contribution in [0.25, 0.3) is 22.2 Å². The number of fused-ring (bicyclic) bond motifs is 2. The number of pyridine rings is 1. The summed E-state index contributed by atoms with van der Waals surface area (Å²) in [6.45, 7) is 4.64. The molecule has 4 N–H and O–H groups in total. The Morgan fingerprint density at radius 1 is 0.905 bits per heavy atom. The second-order valence-corrected chi connectivity index (χ2v) is 18.8. The number of nitrogens with one attached hydrogen (secondary N) is 3. The minimum absolute atomic E-state index is 0.0317. The summed E-state index contributed by atoms with van der Waals surface area (Å²) in [6, 6.07) is 17.0. The van der Waals surface area contributed by atoms with E-state index in [9.17, 15) is 32.0 Å². The van der Waals surface area contributed by atoms with E-state index in [2.05, 4.69) is 49.4 Å². The number of benzene rings is 3. The van der Waals surface area contributed by atoms with E-state index in [0.29, 0.717) is 47.0 Å². The van der Waals surface area contributed by atoms with Gasteiger partial charge in [-0.3, -0.25) is 29.2 Å². The molecule has 3 aromatic carbocycles. The van der Waals surface area contributed by atoms with Crippen molar-refractivity contribution in [1.82, 2.24) is 25.1 Å². The lowest BCUT2D eigenvalue weighted by atomic mass is 9.87. The van der Waals surface area contributed by atoms with Crippen molar-refractivity contribution < 1.29 is 41.5 Å². The molecule has 0 aliphatic carbocycles. The highest BCUT2D eigenvalue weighted by Crippen LogP contribution is 2.36. The zero-order valence-corrected chi connectivity index (χ0v) is 35.2. The lowest BCUT2D eigenvalue weighted by Gasteiger charge is -2.38. The molecule has 4 aliphatic rings. The predicted molar refractivity (Wildman–Crippen MR) is 232 cm³/mol. The molecule has 0 spiro atoms. The summed E-state index contributed by atoms with van der Waals surface area (Å²) in [4.78, 5) is 64.8. The third-order valence-corrected chi connectivity index (χ3v) is 14.3. The minimum atomic E-state index is -4.14. The van der Waals surface area contributed by atoms with Crippen LogP contribution in [0.1, 0.15) is 81.8 Å². The summed E-state index contributed by atoms with van der Waals surface area (Å²) in [6.07, 6.45) is 7.81. The molecule has 17 heteroatoms. The number of aromatic amines is 1. The van der Waals surface area contributed by atoms with Crippen molar-refractivity contribution in [3.05, 3.63) is 113 Å². The quantitative estimate of drug-likeness (QED) is 0.0944. The SMILES string of the molecule is O=C1CC[C@H](N2Cc3cc(C4CCN(CC5CCN(c6ccc(-c7cnc8[nH]cc(C(=O)c9c(F)ccc(NS(=O)(=O)CCO)c9F)c8c7)cc6)CC5)CC4)ccc3C2=O)C(=O)N1. The van der Waals surface area contributed by atoms with E-state index in [1.165, 1.54) is 11.8 Å². The summed E-state index contributed by atoms with van der Waals surface area (Å²) >= 11 is 0. The number of likely N-dealkylation sites (tertiary alicyclic amines) is 1. The van der Waals surface area contributed by atoms with Crippen molar-refractivity contribution in [3.63, 3.8) is 0 Å². The van der Waals surface area contributed by atoms with Crippen LogP contribution in [-0.2, 0) is 26.2 Å². The number of aromatic nitrogens is 2. The van der Waals surface area contributed by atoms with Crippen molar-refractivity contribution >= 4 is 55.9 Å². The third-order valence-electron chi connectivity index (χ3n) is 13.0. The van der Waals surface area contributed by atoms with E-state index < -0.39 is 63.0 Å². The Labute approximate surface area is 362 Å². The molecule has 3 fully saturated rings. The summed E-state index contributed by atoms with van der Waals surface area (Å²) < 4.78 is 56.7. The van der Waals surface area contributed by atoms with Gasteiger partial charge in [0.1, 0.15) is 17.5 Å². The molecule has 63 heavy (non-hydrogen) atoms. The maximum atomic E-state index is 15.5. The van der Waals surface area contributed by atoms with Gasteiger partial charge in [0.15, 0.2) is 5.82 Å². The Hall–Kier alpha value is -6.04. The Balaban J connectivity index is 0.781. The molecule has 2 aromatic heterocycles. The van der Waals surface area contributed by atoms with Gasteiger partial charge in [0.2, 0.25) is 27.6 Å². The first-order valence-corrected chi connectivity index (χ1v) is 23.0. The highest BCUT2D eigenvalue weighted by Gasteiger charge is 2.39. The molecular formula is C46H47F2N7O7S. The molecule has 9 rings (SSSR count). The first kappa shape index (κ1) is 42.3. The molecule has 0 bridgehead atoms. The van der Waals surface area contributed by atoms with E-state index in [-0.39, 0.29) is 23.8 Å². The number of carbonyl (C=O) groups is 4. The predicted octanol–water partition coefficient (Wildman–Crippen LogP) is 5.33. The van der Waals surface area contributed by atoms with Crippen LogP contribution in [0.4, 0.5) is 20.2 Å². The van der Waals surface area contributed by atoms with E-state index in [1.807, 2.05) is 22.9 Å². The van der Waals surface area contributed by atoms with E-state index >= 15 is 4.39 Å². The smallest absolute Gasteiger partial charge is 0.255 e. The summed E-state index contributed by atoms with van der Waals surface area (Å²) in [5.41, 5.74) is 4.25. The second-order valence-electron chi connectivity index (χ2n) is 16.9. The van der Waals surface area contributed by atoms with Crippen LogP contribution in [0.5, 0.6) is 0 Å². The largest absolute Gasteiger partial charge is 0.395 e. The number of aliphatic hydroxyl groups is 1. The number of imide groups is 1. The normalized spacial score (nSPS) is 19.2. The van der Waals surface area contributed by atoms with Gasteiger partial charge >= 0.3 is 0 Å². The van der Waals surface area contributed by atoms with Crippen LogP contribution in [-0.4, -0.2) is 108 Å². The van der Waals surface area contributed by atoms with Crippen LogP contribution in [0, 0.1) is 17.6 Å². The van der Waals surface area contributed by atoms with Gasteiger partial charge in [0, 0.05) is 72.8 Å². The maximum Gasteiger partial charge on any atom is 0.255 e. The number of nitrogens with zero attached hydrogens (tertiary/aromatic N) is 4. The molecule has 0 radical (unpaired) electrons. The standard InChI is InChI=1S/C46H47F2N7O7S/c47-37-7-8-38(52-63(61,62)20-19-56)42(48)41(37)43(58)36-24-50-44-35(36)22-31(23-49-44)28-1-4-33(5-2-28)54-17-11-27(12-18-54)25-53-15-13-29(14-16-53)30-3-6-34-32(21-30)26-55(46(34)60)39-9-10-40(57)51-45(39)59/h1-8,21-24,27,29,39,52,56H,9-20,25-26H2,(H,49,50)(H,51,57,59)/t39-/m0/s1. The fourth-order valence-electron chi connectivity index (χ4n) is 9.56. The topological polar surface area (TPSA) is 185 Å². The highest BCUT2D eigenvalue weighted by atomic mass is 32.2. The molecular weight excluding hydrogens is 833 g/mol. The van der Waals surface area contributed by atoms with Crippen molar-refractivity contribution in [2.24, 2.45) is 5.92 Å². The van der Waals surface area contributed by atoms with Gasteiger partial charge in [-0.25, -0.2) is 22.2 Å². The fraction of sp³-hybridized carbons (Fsp3) is 0.370. The van der Waals surface area contributed by atoms with Gasteiger partial charge in [-0.2, -0.15) is 0 Å². The van der Waals surface area contributed by atoms with Crippen molar-refractivity contribution in [2.45, 2.75) is 57.0 Å². The summed E-state index contributed by atoms with van der Waals surface area (Å²) in [5.74, 6) is -4.03. The Bertz CT molecular complexity index is 2730. The first-order valence-electron chi connectivity index (χ1n) is 21.3. The van der Waals surface area contributed by atoms with Gasteiger partial charge in [-0.1, -0.05) is 24.3 Å². The van der Waals surface area contributed by atoms with E-state index in [1.54, 1.807) is 17.2 Å². The van der Waals surface area contributed by atoms with Crippen LogP contribution in [0.15, 0.2) is 73.1 Å². The number of H-pyrrole nitrogens is 1. The number of aliphatic hydroxyl groups excluding tert-OH is 1. The van der Waals surface area contributed by atoms with Gasteiger partial charge in [-0.05, 0) is 110 Å². The third kappa shape index (κ3) is 8.56. The van der Waals surface area contributed by atoms with Gasteiger partial charge in [0.05, 0.1) is 23.6 Å². The van der Waals surface area contributed by atoms with E-state index in [0.717, 1.165) is 87.4 Å². The number of amides is 3. The lowest BCUT2D eigenvalue weighted by molar-refractivity contribution is -0.136. The van der Waals surface area contributed by atoms with Crippen molar-refractivity contribution in [2.75, 3.05) is 54.7 Å². The van der Waals surface area contributed by atoms with Crippen LogP contribution < -0.4 is 14.9 Å². The van der Waals surface area contributed by atoms with Crippen molar-refractivity contribution in [3.8, 4) is 11.1 Å². The average Bonchev–Trinajstić information content (AvgIpc) is 3.85. The van der Waals surface area contributed by atoms with Gasteiger partial charge in [-0.15, -0.1) is 0 Å². The number of halogens is 2.